The third kappa shape index (κ3) is 3.06. The Morgan fingerprint density at radius 2 is 2.09 bits per heavy atom. The minimum Gasteiger partial charge on any atom is -0.377 e. The minimum atomic E-state index is -0.653. The van der Waals surface area contributed by atoms with Crippen molar-refractivity contribution in [1.82, 2.24) is 15.1 Å². The van der Waals surface area contributed by atoms with Crippen LogP contribution in [0.1, 0.15) is 45.4 Å². The van der Waals surface area contributed by atoms with Crippen molar-refractivity contribution < 1.29 is 19.1 Å². The average molecular weight is 323 g/mol. The summed E-state index contributed by atoms with van der Waals surface area (Å²) in [5.41, 5.74) is -0.653. The number of carbonyl (C=O) groups excluding carboxylic acids is 3. The van der Waals surface area contributed by atoms with Crippen molar-refractivity contribution in [3.8, 4) is 0 Å². The largest absolute Gasteiger partial charge is 0.377 e. The first-order valence-electron chi connectivity index (χ1n) is 8.55. The van der Waals surface area contributed by atoms with E-state index in [2.05, 4.69) is 5.32 Å². The van der Waals surface area contributed by atoms with E-state index in [1.807, 2.05) is 11.8 Å². The van der Waals surface area contributed by atoms with Crippen LogP contribution in [-0.4, -0.2) is 65.5 Å². The Labute approximate surface area is 136 Å². The summed E-state index contributed by atoms with van der Waals surface area (Å²) in [7, 11) is 0. The first kappa shape index (κ1) is 16.2. The van der Waals surface area contributed by atoms with E-state index in [-0.39, 0.29) is 23.9 Å². The second kappa shape index (κ2) is 6.47. The van der Waals surface area contributed by atoms with Gasteiger partial charge in [0.15, 0.2) is 0 Å². The highest BCUT2D eigenvalue weighted by molar-refractivity contribution is 6.07. The van der Waals surface area contributed by atoms with Gasteiger partial charge in [0.25, 0.3) is 5.91 Å². The van der Waals surface area contributed by atoms with Gasteiger partial charge in [0, 0.05) is 19.5 Å². The van der Waals surface area contributed by atoms with Crippen LogP contribution in [0.3, 0.4) is 0 Å². The Balaban J connectivity index is 1.49. The normalized spacial score (nSPS) is 26.9. The van der Waals surface area contributed by atoms with Gasteiger partial charge in [0.1, 0.15) is 5.54 Å². The molecule has 128 valence electrons. The predicted molar refractivity (Wildman–Crippen MR) is 82.7 cm³/mol. The minimum absolute atomic E-state index is 0.0726. The van der Waals surface area contributed by atoms with Crippen molar-refractivity contribution in [3.05, 3.63) is 0 Å². The maximum absolute atomic E-state index is 12.5. The molecule has 2 heterocycles. The fourth-order valence-electron chi connectivity index (χ4n) is 3.83. The molecule has 7 nitrogen and oxygen atoms in total. The molecule has 1 spiro atoms. The maximum Gasteiger partial charge on any atom is 0.325 e. The summed E-state index contributed by atoms with van der Waals surface area (Å²) in [6, 6.07) is -0.209. The fourth-order valence-corrected chi connectivity index (χ4v) is 3.83. The molecule has 0 aromatic carbocycles. The van der Waals surface area contributed by atoms with Gasteiger partial charge in [-0.3, -0.25) is 14.5 Å². The molecule has 0 bridgehead atoms. The summed E-state index contributed by atoms with van der Waals surface area (Å²) < 4.78 is 5.33. The molecule has 1 saturated carbocycles. The van der Waals surface area contributed by atoms with E-state index in [4.69, 9.17) is 4.74 Å². The zero-order valence-electron chi connectivity index (χ0n) is 13.7. The predicted octanol–water partition coefficient (Wildman–Crippen LogP) is 0.878. The Bertz CT molecular complexity index is 502. The van der Waals surface area contributed by atoms with E-state index >= 15 is 0 Å². The first-order valence-corrected chi connectivity index (χ1v) is 8.55. The summed E-state index contributed by atoms with van der Waals surface area (Å²) in [5, 5.41) is 2.86. The van der Waals surface area contributed by atoms with Crippen molar-refractivity contribution in [2.45, 2.75) is 57.0 Å². The van der Waals surface area contributed by atoms with Crippen molar-refractivity contribution in [2.75, 3.05) is 26.3 Å². The highest BCUT2D eigenvalue weighted by Gasteiger charge is 2.52. The van der Waals surface area contributed by atoms with Gasteiger partial charge in [-0.05, 0) is 26.2 Å². The maximum atomic E-state index is 12.5. The first-order chi connectivity index (χ1) is 11.0. The van der Waals surface area contributed by atoms with E-state index in [1.54, 1.807) is 0 Å². The summed E-state index contributed by atoms with van der Waals surface area (Å²) in [6.45, 7) is 4.05. The number of imide groups is 1. The van der Waals surface area contributed by atoms with E-state index < -0.39 is 5.54 Å². The molecule has 1 unspecified atom stereocenters. The van der Waals surface area contributed by atoms with Crippen LogP contribution in [-0.2, 0) is 14.3 Å². The topological polar surface area (TPSA) is 79.0 Å². The Hall–Kier alpha value is -1.63. The Morgan fingerprint density at radius 3 is 2.78 bits per heavy atom. The number of carbonyl (C=O) groups is 3. The molecule has 7 heteroatoms. The van der Waals surface area contributed by atoms with Crippen LogP contribution in [0.15, 0.2) is 0 Å². The van der Waals surface area contributed by atoms with Crippen LogP contribution in [0.5, 0.6) is 0 Å². The van der Waals surface area contributed by atoms with Gasteiger partial charge in [-0.2, -0.15) is 0 Å². The molecule has 1 N–H and O–H groups in total. The number of nitrogens with zero attached hydrogens (tertiary/aromatic N) is 2. The zero-order valence-corrected chi connectivity index (χ0v) is 13.7. The second-order valence-electron chi connectivity index (χ2n) is 6.79. The standard InChI is InChI=1S/C16H25N3O4/c1-12-11-23-10-9-18(12)13(20)5-4-8-19-14(21)16(17-15(19)22)6-2-3-7-16/h12H,2-11H2,1H3,(H,17,22). The molecule has 3 rings (SSSR count). The lowest BCUT2D eigenvalue weighted by Crippen LogP contribution is -2.47. The van der Waals surface area contributed by atoms with Gasteiger partial charge in [-0.15, -0.1) is 0 Å². The van der Waals surface area contributed by atoms with Gasteiger partial charge in [0.05, 0.1) is 19.3 Å². The van der Waals surface area contributed by atoms with Gasteiger partial charge < -0.3 is 15.0 Å². The van der Waals surface area contributed by atoms with Gasteiger partial charge in [0.2, 0.25) is 5.91 Å². The molecule has 23 heavy (non-hydrogen) atoms. The quantitative estimate of drug-likeness (QED) is 0.779. The molecule has 0 radical (unpaired) electrons. The van der Waals surface area contributed by atoms with Crippen LogP contribution < -0.4 is 5.32 Å². The highest BCUT2D eigenvalue weighted by Crippen LogP contribution is 2.35. The lowest BCUT2D eigenvalue weighted by molar-refractivity contribution is -0.139. The van der Waals surface area contributed by atoms with E-state index in [9.17, 15) is 14.4 Å². The van der Waals surface area contributed by atoms with Crippen LogP contribution in [0, 0.1) is 0 Å². The number of hydrogen-bond donors (Lipinski definition) is 1. The third-order valence-electron chi connectivity index (χ3n) is 5.16. The van der Waals surface area contributed by atoms with Crippen LogP contribution in [0.25, 0.3) is 0 Å². The summed E-state index contributed by atoms with van der Waals surface area (Å²) in [6.07, 6.45) is 4.30. The van der Waals surface area contributed by atoms with Crippen molar-refractivity contribution in [1.29, 1.82) is 0 Å². The second-order valence-corrected chi connectivity index (χ2v) is 6.79. The molecular formula is C16H25N3O4. The number of rotatable bonds is 4. The smallest absolute Gasteiger partial charge is 0.325 e. The monoisotopic (exact) mass is 323 g/mol. The number of hydrogen-bond acceptors (Lipinski definition) is 4. The lowest BCUT2D eigenvalue weighted by atomic mass is 9.98. The number of ether oxygens (including phenoxy) is 1. The number of nitrogens with one attached hydrogen (secondary N) is 1. The summed E-state index contributed by atoms with van der Waals surface area (Å²) >= 11 is 0. The van der Waals surface area contributed by atoms with E-state index in [1.165, 1.54) is 4.90 Å². The van der Waals surface area contributed by atoms with Crippen LogP contribution in [0.2, 0.25) is 0 Å². The van der Waals surface area contributed by atoms with Crippen molar-refractivity contribution in [2.24, 2.45) is 0 Å². The molecular weight excluding hydrogens is 298 g/mol. The lowest BCUT2D eigenvalue weighted by Gasteiger charge is -2.33. The van der Waals surface area contributed by atoms with E-state index in [0.717, 1.165) is 25.7 Å². The summed E-state index contributed by atoms with van der Waals surface area (Å²) in [5.74, 6) is -0.0318. The molecule has 3 aliphatic rings. The molecule has 4 amide bonds. The Kier molecular flexibility index (Phi) is 4.57. The van der Waals surface area contributed by atoms with Crippen LogP contribution >= 0.6 is 0 Å². The number of amides is 4. The molecule has 1 atom stereocenters. The zero-order chi connectivity index (χ0) is 16.4. The highest BCUT2D eigenvalue weighted by atomic mass is 16.5. The molecule has 2 aliphatic heterocycles. The molecule has 2 saturated heterocycles. The molecule has 0 aromatic heterocycles. The van der Waals surface area contributed by atoms with Gasteiger partial charge >= 0.3 is 6.03 Å². The molecule has 3 fully saturated rings. The average Bonchev–Trinajstić information content (AvgIpc) is 3.08. The van der Waals surface area contributed by atoms with Crippen molar-refractivity contribution in [3.63, 3.8) is 0 Å². The molecule has 1 aliphatic carbocycles. The van der Waals surface area contributed by atoms with E-state index in [0.29, 0.717) is 39.1 Å². The van der Waals surface area contributed by atoms with Crippen LogP contribution in [0.4, 0.5) is 4.79 Å². The van der Waals surface area contributed by atoms with Crippen molar-refractivity contribution >= 4 is 17.8 Å². The third-order valence-corrected chi connectivity index (χ3v) is 5.16. The van der Waals surface area contributed by atoms with Gasteiger partial charge in [-0.1, -0.05) is 12.8 Å². The molecule has 0 aromatic rings. The van der Waals surface area contributed by atoms with Gasteiger partial charge in [-0.25, -0.2) is 4.79 Å². The Morgan fingerprint density at radius 1 is 1.35 bits per heavy atom. The number of urea groups is 1. The fraction of sp³-hybridized carbons (Fsp3) is 0.812. The number of morpholine rings is 1. The summed E-state index contributed by atoms with van der Waals surface area (Å²) in [4.78, 5) is 39.9. The SMILES string of the molecule is CC1COCCN1C(=O)CCCN1C(=O)NC2(CCCC2)C1=O.